The van der Waals surface area contributed by atoms with Crippen LogP contribution in [0.15, 0.2) is 0 Å². The van der Waals surface area contributed by atoms with E-state index in [9.17, 15) is 0 Å². The summed E-state index contributed by atoms with van der Waals surface area (Å²) in [4.78, 5) is 0. The second-order valence-corrected chi connectivity index (χ2v) is 5.08. The van der Waals surface area contributed by atoms with Gasteiger partial charge in [0.15, 0.2) is 5.91 Å². The first-order chi connectivity index (χ1) is 8.28. The molecule has 0 N–H and O–H groups in total. The molecule has 0 aliphatic carbocycles. The van der Waals surface area contributed by atoms with Crippen molar-refractivity contribution in [2.75, 3.05) is 19.8 Å². The molecule has 2 radical (unpaired) electrons. The predicted octanol–water partition coefficient (Wildman–Crippen LogP) is 3.20. The van der Waals surface area contributed by atoms with E-state index in [0.29, 0.717) is 28.9 Å². The van der Waals surface area contributed by atoms with Crippen LogP contribution in [0.1, 0.15) is 53.4 Å². The Morgan fingerprint density at radius 3 is 2.12 bits per heavy atom. The molecule has 1 atom stereocenters. The summed E-state index contributed by atoms with van der Waals surface area (Å²) in [7, 11) is 0.293. The van der Waals surface area contributed by atoms with Gasteiger partial charge in [0, 0.05) is 19.8 Å². The molecule has 0 heterocycles. The molecule has 0 aromatic heterocycles. The Hall–Kier alpha value is 0.0969. The average molecular weight is 260 g/mol. The molecule has 0 saturated heterocycles. The van der Waals surface area contributed by atoms with Gasteiger partial charge < -0.3 is 13.9 Å². The summed E-state index contributed by atoms with van der Waals surface area (Å²) in [5, 5.41) is 0. The summed E-state index contributed by atoms with van der Waals surface area (Å²) in [6.45, 7) is 10.6. The lowest BCUT2D eigenvalue weighted by Crippen LogP contribution is -2.28. The summed E-state index contributed by atoms with van der Waals surface area (Å²) in [6, 6.07) is 0. The largest absolute Gasteiger partial charge is 0.412 e. The van der Waals surface area contributed by atoms with E-state index in [1.165, 1.54) is 25.7 Å². The predicted molar refractivity (Wildman–Crippen MR) is 72.1 cm³/mol. The van der Waals surface area contributed by atoms with Crippen LogP contribution >= 0.6 is 0 Å². The van der Waals surface area contributed by atoms with Crippen LogP contribution in [0.2, 0.25) is 0 Å². The van der Waals surface area contributed by atoms with E-state index in [-0.39, 0.29) is 5.91 Å². The topological polar surface area (TPSA) is 27.7 Å². The number of hydrogen-bond donors (Lipinski definition) is 0. The second-order valence-electron chi connectivity index (χ2n) is 4.09. The Morgan fingerprint density at radius 2 is 1.65 bits per heavy atom. The van der Waals surface area contributed by atoms with Crippen LogP contribution < -0.4 is 0 Å². The lowest BCUT2D eigenvalue weighted by Gasteiger charge is -2.18. The second kappa shape index (κ2) is 12.6. The summed E-state index contributed by atoms with van der Waals surface area (Å²) in [6.07, 6.45) is 5.02. The van der Waals surface area contributed by atoms with E-state index in [1.54, 1.807) is 0 Å². The molecule has 102 valence electrons. The van der Waals surface area contributed by atoms with Gasteiger partial charge in [0.25, 0.3) is 9.76 Å². The molecule has 1 unspecified atom stereocenters. The van der Waals surface area contributed by atoms with Crippen molar-refractivity contribution >= 4 is 9.76 Å². The Balaban J connectivity index is 3.67. The Morgan fingerprint density at radius 1 is 1.00 bits per heavy atom. The van der Waals surface area contributed by atoms with E-state index >= 15 is 0 Å². The van der Waals surface area contributed by atoms with E-state index < -0.39 is 0 Å². The fraction of sp³-hybridized carbons (Fsp3) is 1.00. The maximum atomic E-state index is 5.73. The lowest BCUT2D eigenvalue weighted by atomic mass is 10.0. The van der Waals surface area contributed by atoms with Crippen molar-refractivity contribution in [3.05, 3.63) is 0 Å². The van der Waals surface area contributed by atoms with Crippen molar-refractivity contribution in [2.24, 2.45) is 5.92 Å². The molecule has 0 fully saturated rings. The zero-order valence-corrected chi connectivity index (χ0v) is 12.8. The molecule has 17 heavy (non-hydrogen) atoms. The van der Waals surface area contributed by atoms with Gasteiger partial charge in [0.05, 0.1) is 0 Å². The summed E-state index contributed by atoms with van der Waals surface area (Å²) in [5.41, 5.74) is 0. The highest BCUT2D eigenvalue weighted by atomic mass is 28.2. The molecule has 0 rings (SSSR count). The SMILES string of the molecule is CCCCC(CC)CO[Si]C(OCC)OCC. The van der Waals surface area contributed by atoms with Gasteiger partial charge in [-0.3, -0.25) is 0 Å². The summed E-state index contributed by atoms with van der Waals surface area (Å²) >= 11 is 0. The van der Waals surface area contributed by atoms with Crippen molar-refractivity contribution in [3.63, 3.8) is 0 Å². The fourth-order valence-corrected chi connectivity index (χ4v) is 2.49. The van der Waals surface area contributed by atoms with Gasteiger partial charge in [0.1, 0.15) is 0 Å². The molecule has 0 aliphatic rings. The van der Waals surface area contributed by atoms with Crippen LogP contribution in [-0.2, 0) is 13.9 Å². The van der Waals surface area contributed by atoms with Crippen LogP contribution in [0, 0.1) is 5.92 Å². The smallest absolute Gasteiger partial charge is 0.299 e. The van der Waals surface area contributed by atoms with Gasteiger partial charge in [-0.25, -0.2) is 0 Å². The highest BCUT2D eigenvalue weighted by Crippen LogP contribution is 2.12. The van der Waals surface area contributed by atoms with Crippen LogP contribution in [0.4, 0.5) is 0 Å². The number of hydrogen-bond acceptors (Lipinski definition) is 3. The van der Waals surface area contributed by atoms with Crippen molar-refractivity contribution in [1.29, 1.82) is 0 Å². The van der Waals surface area contributed by atoms with E-state index in [4.69, 9.17) is 13.9 Å². The van der Waals surface area contributed by atoms with Crippen LogP contribution in [0.5, 0.6) is 0 Å². The molecule has 0 aromatic carbocycles. The molecular formula is C13H28O3Si. The van der Waals surface area contributed by atoms with Gasteiger partial charge in [-0.2, -0.15) is 0 Å². The summed E-state index contributed by atoms with van der Waals surface area (Å²) < 4.78 is 16.6. The minimum absolute atomic E-state index is 0.173. The minimum Gasteiger partial charge on any atom is -0.412 e. The summed E-state index contributed by atoms with van der Waals surface area (Å²) in [5.74, 6) is 0.514. The van der Waals surface area contributed by atoms with Crippen LogP contribution in [0.3, 0.4) is 0 Å². The maximum absolute atomic E-state index is 5.73. The van der Waals surface area contributed by atoms with Gasteiger partial charge in [-0.15, -0.1) is 0 Å². The quantitative estimate of drug-likeness (QED) is 0.398. The van der Waals surface area contributed by atoms with E-state index in [1.807, 2.05) is 13.8 Å². The normalized spacial score (nSPS) is 13.2. The first-order valence-corrected chi connectivity index (χ1v) is 7.87. The third-order valence-electron chi connectivity index (χ3n) is 2.68. The zero-order chi connectivity index (χ0) is 12.9. The van der Waals surface area contributed by atoms with Gasteiger partial charge in [-0.1, -0.05) is 33.1 Å². The Kier molecular flexibility index (Phi) is 12.6. The average Bonchev–Trinajstić information content (AvgIpc) is 2.34. The molecule has 0 aliphatic heterocycles. The number of unbranched alkanes of at least 4 members (excludes halogenated alkanes) is 1. The minimum atomic E-state index is -0.173. The highest BCUT2D eigenvalue weighted by Gasteiger charge is 2.13. The van der Waals surface area contributed by atoms with Crippen LogP contribution in [0.25, 0.3) is 0 Å². The highest BCUT2D eigenvalue weighted by molar-refractivity contribution is 6.28. The first-order valence-electron chi connectivity index (χ1n) is 6.88. The van der Waals surface area contributed by atoms with Crippen molar-refractivity contribution in [2.45, 2.75) is 59.3 Å². The van der Waals surface area contributed by atoms with Gasteiger partial charge >= 0.3 is 0 Å². The van der Waals surface area contributed by atoms with Gasteiger partial charge in [-0.05, 0) is 26.2 Å². The Bertz CT molecular complexity index is 150. The number of ether oxygens (including phenoxy) is 2. The number of rotatable bonds is 12. The molecule has 0 aromatic rings. The van der Waals surface area contributed by atoms with Crippen molar-refractivity contribution in [3.8, 4) is 0 Å². The Labute approximate surface area is 109 Å². The maximum Gasteiger partial charge on any atom is 0.299 e. The third kappa shape index (κ3) is 9.77. The monoisotopic (exact) mass is 260 g/mol. The third-order valence-corrected chi connectivity index (χ3v) is 3.54. The molecule has 4 heteroatoms. The zero-order valence-electron chi connectivity index (χ0n) is 11.8. The lowest BCUT2D eigenvalue weighted by molar-refractivity contribution is -0.0904. The van der Waals surface area contributed by atoms with Crippen molar-refractivity contribution in [1.82, 2.24) is 0 Å². The van der Waals surface area contributed by atoms with Crippen LogP contribution in [-0.4, -0.2) is 35.5 Å². The molecule has 0 amide bonds. The standard InChI is InChI=1S/C13H28O3Si/c1-5-9-10-12(6-2)11-16-17-13(14-7-3)15-8-4/h12-13H,5-11H2,1-4H3. The molecule has 3 nitrogen and oxygen atoms in total. The van der Waals surface area contributed by atoms with Crippen molar-refractivity contribution < 1.29 is 13.9 Å². The molecule has 0 saturated carbocycles. The van der Waals surface area contributed by atoms with Gasteiger partial charge in [0.2, 0.25) is 0 Å². The molecule has 0 spiro atoms. The molecular weight excluding hydrogens is 232 g/mol. The van der Waals surface area contributed by atoms with E-state index in [0.717, 1.165) is 6.61 Å². The fourth-order valence-electron chi connectivity index (χ4n) is 1.55. The van der Waals surface area contributed by atoms with E-state index in [2.05, 4.69) is 13.8 Å². The molecule has 0 bridgehead atoms. The first kappa shape index (κ1) is 17.1.